The molecule has 98 valence electrons. The monoisotopic (exact) mass is 236 g/mol. The molecule has 0 radical (unpaired) electrons. The lowest BCUT2D eigenvalue weighted by Crippen LogP contribution is -2.26. The van der Waals surface area contributed by atoms with Gasteiger partial charge in [0.1, 0.15) is 0 Å². The molecule has 4 heteroatoms. The summed E-state index contributed by atoms with van der Waals surface area (Å²) in [5.74, 6) is 1.26. The average Bonchev–Trinajstić information content (AvgIpc) is 2.15. The third-order valence-corrected chi connectivity index (χ3v) is 3.04. The second-order valence-electron chi connectivity index (χ2n) is 4.88. The molecule has 0 saturated heterocycles. The van der Waals surface area contributed by atoms with Crippen LogP contribution in [-0.4, -0.2) is 38.0 Å². The zero-order chi connectivity index (χ0) is 12.6. The first kappa shape index (κ1) is 15.8. The Bertz CT molecular complexity index is 163. The molecule has 0 aliphatic heterocycles. The molecule has 0 heterocycles. The first-order chi connectivity index (χ1) is 7.47. The fraction of sp³-hybridized carbons (Fsp3) is 1.00. The maximum absolute atomic E-state index is 12.1. The van der Waals surface area contributed by atoms with Crippen LogP contribution in [0.25, 0.3) is 0 Å². The summed E-state index contributed by atoms with van der Waals surface area (Å²) in [5, 5.41) is 0. The maximum Gasteiger partial charge on any atom is 0.251 e. The van der Waals surface area contributed by atoms with Gasteiger partial charge in [-0.05, 0) is 51.2 Å². The van der Waals surface area contributed by atoms with E-state index in [0.717, 1.165) is 32.4 Å². The second kappa shape index (κ2) is 8.88. The van der Waals surface area contributed by atoms with Crippen molar-refractivity contribution in [3.05, 3.63) is 0 Å². The topological polar surface area (TPSA) is 29.3 Å². The lowest BCUT2D eigenvalue weighted by Gasteiger charge is -2.22. The van der Waals surface area contributed by atoms with Gasteiger partial charge < -0.3 is 10.6 Å². The lowest BCUT2D eigenvalue weighted by molar-refractivity contribution is 0.0985. The second-order valence-corrected chi connectivity index (χ2v) is 4.88. The summed E-state index contributed by atoms with van der Waals surface area (Å²) in [6.45, 7) is 5.74. The molecule has 0 aromatic carbocycles. The third kappa shape index (κ3) is 7.99. The quantitative estimate of drug-likeness (QED) is 0.666. The standard InChI is InChI=1S/C12H26F2N2/c1-10(2)11(6-7-15)5-4-8-16(3)9-12(13)14/h10-12H,4-9,15H2,1-3H3. The van der Waals surface area contributed by atoms with Crippen molar-refractivity contribution in [2.45, 2.75) is 39.5 Å². The molecule has 1 unspecified atom stereocenters. The fourth-order valence-corrected chi connectivity index (χ4v) is 1.98. The highest BCUT2D eigenvalue weighted by Gasteiger charge is 2.13. The molecular formula is C12H26F2N2. The SMILES string of the molecule is CC(C)C(CCN)CCCN(C)CC(F)F. The summed E-state index contributed by atoms with van der Waals surface area (Å²) in [4.78, 5) is 1.70. The summed E-state index contributed by atoms with van der Waals surface area (Å²) in [6, 6.07) is 0. The van der Waals surface area contributed by atoms with E-state index in [2.05, 4.69) is 13.8 Å². The van der Waals surface area contributed by atoms with Crippen molar-refractivity contribution in [1.29, 1.82) is 0 Å². The first-order valence-corrected chi connectivity index (χ1v) is 6.14. The van der Waals surface area contributed by atoms with Gasteiger partial charge in [-0.25, -0.2) is 8.78 Å². The molecule has 0 rings (SSSR count). The largest absolute Gasteiger partial charge is 0.330 e. The number of hydrogen-bond donors (Lipinski definition) is 1. The van der Waals surface area contributed by atoms with Gasteiger partial charge in [0.15, 0.2) is 0 Å². The predicted molar refractivity (Wildman–Crippen MR) is 64.7 cm³/mol. The van der Waals surface area contributed by atoms with Crippen LogP contribution >= 0.6 is 0 Å². The molecule has 0 aliphatic rings. The highest BCUT2D eigenvalue weighted by atomic mass is 19.3. The Kier molecular flexibility index (Phi) is 8.76. The van der Waals surface area contributed by atoms with Crippen LogP contribution in [0.5, 0.6) is 0 Å². The lowest BCUT2D eigenvalue weighted by atomic mass is 9.88. The van der Waals surface area contributed by atoms with Crippen molar-refractivity contribution < 1.29 is 8.78 Å². The molecule has 2 nitrogen and oxygen atoms in total. The van der Waals surface area contributed by atoms with E-state index in [4.69, 9.17) is 5.73 Å². The number of rotatable bonds is 9. The minimum atomic E-state index is -2.23. The van der Waals surface area contributed by atoms with Crippen LogP contribution in [0.1, 0.15) is 33.1 Å². The summed E-state index contributed by atoms with van der Waals surface area (Å²) >= 11 is 0. The minimum Gasteiger partial charge on any atom is -0.330 e. The van der Waals surface area contributed by atoms with Gasteiger partial charge in [-0.15, -0.1) is 0 Å². The van der Waals surface area contributed by atoms with E-state index >= 15 is 0 Å². The molecule has 0 saturated carbocycles. The number of halogens is 2. The normalized spacial score (nSPS) is 14.1. The molecule has 1 atom stereocenters. The highest BCUT2D eigenvalue weighted by molar-refractivity contribution is 4.65. The Balaban J connectivity index is 3.68. The van der Waals surface area contributed by atoms with E-state index in [-0.39, 0.29) is 6.54 Å². The molecule has 0 amide bonds. The molecule has 0 aromatic heterocycles. The van der Waals surface area contributed by atoms with Gasteiger partial charge in [0.25, 0.3) is 6.43 Å². The van der Waals surface area contributed by atoms with Gasteiger partial charge in [0.05, 0.1) is 6.54 Å². The predicted octanol–water partition coefficient (Wildman–Crippen LogP) is 2.58. The fourth-order valence-electron chi connectivity index (χ4n) is 1.98. The number of nitrogens with zero attached hydrogens (tertiary/aromatic N) is 1. The van der Waals surface area contributed by atoms with Crippen molar-refractivity contribution in [3.63, 3.8) is 0 Å². The summed E-state index contributed by atoms with van der Waals surface area (Å²) in [7, 11) is 1.75. The van der Waals surface area contributed by atoms with Crippen molar-refractivity contribution >= 4 is 0 Å². The van der Waals surface area contributed by atoms with Gasteiger partial charge in [0, 0.05) is 0 Å². The smallest absolute Gasteiger partial charge is 0.251 e. The van der Waals surface area contributed by atoms with Crippen LogP contribution in [0.2, 0.25) is 0 Å². The molecule has 0 fully saturated rings. The molecule has 0 aromatic rings. The Labute approximate surface area is 98.2 Å². The van der Waals surface area contributed by atoms with E-state index in [1.165, 1.54) is 0 Å². The molecular weight excluding hydrogens is 210 g/mol. The highest BCUT2D eigenvalue weighted by Crippen LogP contribution is 2.20. The van der Waals surface area contributed by atoms with Crippen LogP contribution in [0.4, 0.5) is 8.78 Å². The van der Waals surface area contributed by atoms with Gasteiger partial charge >= 0.3 is 0 Å². The van der Waals surface area contributed by atoms with Crippen LogP contribution in [0.15, 0.2) is 0 Å². The van der Waals surface area contributed by atoms with Crippen LogP contribution in [-0.2, 0) is 0 Å². The zero-order valence-corrected chi connectivity index (χ0v) is 10.8. The van der Waals surface area contributed by atoms with E-state index < -0.39 is 6.43 Å². The Hall–Kier alpha value is -0.220. The van der Waals surface area contributed by atoms with Crippen LogP contribution in [0, 0.1) is 11.8 Å². The van der Waals surface area contributed by atoms with Crippen molar-refractivity contribution in [2.24, 2.45) is 17.6 Å². The average molecular weight is 236 g/mol. The summed E-state index contributed by atoms with van der Waals surface area (Å²) < 4.78 is 24.1. The Morgan fingerprint density at radius 2 is 1.81 bits per heavy atom. The molecule has 0 bridgehead atoms. The van der Waals surface area contributed by atoms with Crippen LogP contribution in [0.3, 0.4) is 0 Å². The maximum atomic E-state index is 12.1. The summed E-state index contributed by atoms with van der Waals surface area (Å²) in [6.07, 6.45) is 0.875. The van der Waals surface area contributed by atoms with Gasteiger partial charge in [-0.1, -0.05) is 13.8 Å². The van der Waals surface area contributed by atoms with Gasteiger partial charge in [-0.2, -0.15) is 0 Å². The van der Waals surface area contributed by atoms with E-state index in [1.54, 1.807) is 11.9 Å². The third-order valence-electron chi connectivity index (χ3n) is 3.04. The van der Waals surface area contributed by atoms with Gasteiger partial charge in [-0.3, -0.25) is 0 Å². The Morgan fingerprint density at radius 3 is 2.25 bits per heavy atom. The number of hydrogen-bond acceptors (Lipinski definition) is 2. The minimum absolute atomic E-state index is 0.122. The van der Waals surface area contributed by atoms with E-state index in [9.17, 15) is 8.78 Å². The summed E-state index contributed by atoms with van der Waals surface area (Å²) in [5.41, 5.74) is 5.56. The number of nitrogens with two attached hydrogens (primary N) is 1. The van der Waals surface area contributed by atoms with E-state index in [1.807, 2.05) is 0 Å². The number of alkyl halides is 2. The Morgan fingerprint density at radius 1 is 1.19 bits per heavy atom. The molecule has 0 aliphatic carbocycles. The van der Waals surface area contributed by atoms with E-state index in [0.29, 0.717) is 11.8 Å². The van der Waals surface area contributed by atoms with Gasteiger partial charge in [0.2, 0.25) is 0 Å². The van der Waals surface area contributed by atoms with Crippen molar-refractivity contribution in [3.8, 4) is 0 Å². The zero-order valence-electron chi connectivity index (χ0n) is 10.8. The van der Waals surface area contributed by atoms with Crippen molar-refractivity contribution in [2.75, 3.05) is 26.7 Å². The molecule has 2 N–H and O–H groups in total. The van der Waals surface area contributed by atoms with Crippen molar-refractivity contribution in [1.82, 2.24) is 4.90 Å². The molecule has 16 heavy (non-hydrogen) atoms. The molecule has 0 spiro atoms. The first-order valence-electron chi connectivity index (χ1n) is 6.14. The van der Waals surface area contributed by atoms with Crippen LogP contribution < -0.4 is 5.73 Å².